The average Bonchev–Trinajstić information content (AvgIpc) is 2.91. The lowest BCUT2D eigenvalue weighted by Gasteiger charge is -2.20. The van der Waals surface area contributed by atoms with Crippen molar-refractivity contribution in [1.29, 1.82) is 0 Å². The summed E-state index contributed by atoms with van der Waals surface area (Å²) in [6, 6.07) is 0. The second-order valence-corrected chi connectivity index (χ2v) is 7.27. The first kappa shape index (κ1) is 12.7. The molecular weight excluding hydrogens is 266 g/mol. The Morgan fingerprint density at radius 2 is 1.00 bits per heavy atom. The van der Waals surface area contributed by atoms with Gasteiger partial charge in [-0.3, -0.25) is 0 Å². The van der Waals surface area contributed by atoms with E-state index in [1.807, 2.05) is 0 Å². The van der Waals surface area contributed by atoms with E-state index in [0.29, 0.717) is 0 Å². The lowest BCUT2D eigenvalue weighted by atomic mass is 10.6. The van der Waals surface area contributed by atoms with Gasteiger partial charge in [-0.15, -0.1) is 0 Å². The van der Waals surface area contributed by atoms with Crippen molar-refractivity contribution in [3.8, 4) is 0 Å². The SMILES string of the molecule is O=S(=O)(NS(=O)(=O)N1CC=CC1)N1CC=CC1. The van der Waals surface area contributed by atoms with Crippen LogP contribution in [0.4, 0.5) is 0 Å². The first-order valence-corrected chi connectivity index (χ1v) is 7.88. The van der Waals surface area contributed by atoms with Crippen molar-refractivity contribution in [3.63, 3.8) is 0 Å². The van der Waals surface area contributed by atoms with Crippen LogP contribution in [0.3, 0.4) is 0 Å². The average molecular weight is 279 g/mol. The van der Waals surface area contributed by atoms with Gasteiger partial charge >= 0.3 is 0 Å². The molecule has 2 aliphatic heterocycles. The summed E-state index contributed by atoms with van der Waals surface area (Å²) in [6.45, 7) is 0.790. The normalized spacial score (nSPS) is 22.6. The third-order valence-electron chi connectivity index (χ3n) is 2.46. The van der Waals surface area contributed by atoms with Crippen LogP contribution in [0.25, 0.3) is 0 Å². The predicted octanol–water partition coefficient (Wildman–Crippen LogP) is -1.19. The van der Waals surface area contributed by atoms with Gasteiger partial charge in [0.15, 0.2) is 0 Å². The first-order chi connectivity index (χ1) is 7.92. The van der Waals surface area contributed by atoms with Gasteiger partial charge in [-0.05, 0) is 0 Å². The highest BCUT2D eigenvalue weighted by molar-refractivity contribution is 8.02. The van der Waals surface area contributed by atoms with Crippen molar-refractivity contribution >= 4 is 20.4 Å². The molecule has 0 aromatic carbocycles. The molecule has 0 aliphatic carbocycles. The van der Waals surface area contributed by atoms with Crippen LogP contribution < -0.4 is 4.13 Å². The maximum atomic E-state index is 11.8. The Morgan fingerprint density at radius 1 is 0.706 bits per heavy atom. The summed E-state index contributed by atoms with van der Waals surface area (Å²) in [7, 11) is -7.98. The monoisotopic (exact) mass is 279 g/mol. The molecule has 0 fully saturated rings. The van der Waals surface area contributed by atoms with Gasteiger partial charge in [0.05, 0.1) is 0 Å². The zero-order chi connectivity index (χ0) is 12.5. The van der Waals surface area contributed by atoms with Gasteiger partial charge in [0.25, 0.3) is 20.4 Å². The molecule has 0 saturated carbocycles. The summed E-state index contributed by atoms with van der Waals surface area (Å²) in [5, 5.41) is 0. The number of hydrogen-bond donors (Lipinski definition) is 1. The van der Waals surface area contributed by atoms with Crippen molar-refractivity contribution in [1.82, 2.24) is 12.7 Å². The molecule has 9 heteroatoms. The Labute approximate surface area is 101 Å². The summed E-state index contributed by atoms with van der Waals surface area (Å²) in [4.78, 5) is 0. The van der Waals surface area contributed by atoms with E-state index in [1.54, 1.807) is 28.4 Å². The van der Waals surface area contributed by atoms with E-state index in [1.165, 1.54) is 0 Å². The lowest BCUT2D eigenvalue weighted by Crippen LogP contribution is -2.47. The van der Waals surface area contributed by atoms with Gasteiger partial charge < -0.3 is 0 Å². The molecule has 96 valence electrons. The molecule has 0 aromatic heterocycles. The molecule has 0 radical (unpaired) electrons. The number of nitrogens with zero attached hydrogens (tertiary/aromatic N) is 2. The topological polar surface area (TPSA) is 86.8 Å². The molecule has 17 heavy (non-hydrogen) atoms. The largest absolute Gasteiger partial charge is 0.294 e. The minimum absolute atomic E-state index is 0.198. The van der Waals surface area contributed by atoms with Crippen LogP contribution in [0.5, 0.6) is 0 Å². The van der Waals surface area contributed by atoms with Crippen LogP contribution in [0, 0.1) is 0 Å². The van der Waals surface area contributed by atoms with E-state index in [0.717, 1.165) is 8.61 Å². The standard InChI is InChI=1S/C8H13N3O4S2/c12-16(13,10-5-1-2-6-10)9-17(14,15)11-7-3-4-8-11/h1-4,9H,5-8H2. The minimum Gasteiger partial charge on any atom is -0.194 e. The van der Waals surface area contributed by atoms with Crippen LogP contribution >= 0.6 is 0 Å². The molecule has 0 aromatic rings. The maximum absolute atomic E-state index is 11.8. The van der Waals surface area contributed by atoms with Crippen LogP contribution in [0.15, 0.2) is 24.3 Å². The van der Waals surface area contributed by atoms with E-state index < -0.39 is 20.4 Å². The van der Waals surface area contributed by atoms with Crippen LogP contribution in [0.2, 0.25) is 0 Å². The zero-order valence-electron chi connectivity index (χ0n) is 8.98. The Balaban J connectivity index is 2.09. The van der Waals surface area contributed by atoms with Crippen molar-refractivity contribution in [3.05, 3.63) is 24.3 Å². The highest BCUT2D eigenvalue weighted by atomic mass is 32.3. The van der Waals surface area contributed by atoms with Gasteiger partial charge in [0.2, 0.25) is 0 Å². The molecule has 7 nitrogen and oxygen atoms in total. The molecular formula is C8H13N3O4S2. The third kappa shape index (κ3) is 2.75. The zero-order valence-corrected chi connectivity index (χ0v) is 10.6. The fourth-order valence-corrected chi connectivity index (χ4v) is 4.59. The molecule has 0 spiro atoms. The van der Waals surface area contributed by atoms with Crippen LogP contribution in [-0.2, 0) is 20.4 Å². The quantitative estimate of drug-likeness (QED) is 0.656. The summed E-state index contributed by atoms with van der Waals surface area (Å²) < 4.78 is 50.8. The lowest BCUT2D eigenvalue weighted by molar-refractivity contribution is 0.464. The molecule has 0 saturated heterocycles. The van der Waals surface area contributed by atoms with Gasteiger partial charge in [0, 0.05) is 26.2 Å². The Morgan fingerprint density at radius 3 is 1.29 bits per heavy atom. The van der Waals surface area contributed by atoms with Gasteiger partial charge in [-0.25, -0.2) is 0 Å². The first-order valence-electron chi connectivity index (χ1n) is 5.00. The minimum atomic E-state index is -3.99. The highest BCUT2D eigenvalue weighted by Crippen LogP contribution is 2.10. The Kier molecular flexibility index (Phi) is 3.36. The molecule has 0 bridgehead atoms. The smallest absolute Gasteiger partial charge is 0.194 e. The summed E-state index contributed by atoms with van der Waals surface area (Å²) >= 11 is 0. The van der Waals surface area contributed by atoms with E-state index >= 15 is 0 Å². The Hall–Kier alpha value is -0.740. The maximum Gasteiger partial charge on any atom is 0.294 e. The molecule has 2 aliphatic rings. The van der Waals surface area contributed by atoms with E-state index in [-0.39, 0.29) is 26.2 Å². The Bertz CT molecular complexity index is 483. The molecule has 0 atom stereocenters. The molecule has 2 heterocycles. The predicted molar refractivity (Wildman–Crippen MR) is 62.4 cm³/mol. The van der Waals surface area contributed by atoms with Crippen LogP contribution in [-0.4, -0.2) is 51.6 Å². The van der Waals surface area contributed by atoms with Crippen molar-refractivity contribution in [2.75, 3.05) is 26.2 Å². The van der Waals surface area contributed by atoms with E-state index in [4.69, 9.17) is 0 Å². The molecule has 2 rings (SSSR count). The summed E-state index contributed by atoms with van der Waals surface area (Å²) in [5.41, 5.74) is 0. The second kappa shape index (κ2) is 4.50. The third-order valence-corrected chi connectivity index (χ3v) is 6.10. The fourth-order valence-electron chi connectivity index (χ4n) is 1.55. The van der Waals surface area contributed by atoms with Crippen molar-refractivity contribution in [2.45, 2.75) is 0 Å². The van der Waals surface area contributed by atoms with Crippen LogP contribution in [0.1, 0.15) is 0 Å². The number of hydrogen-bond acceptors (Lipinski definition) is 4. The van der Waals surface area contributed by atoms with Gasteiger partial charge in [-0.2, -0.15) is 25.4 Å². The number of nitrogens with one attached hydrogen (secondary N) is 1. The second-order valence-electron chi connectivity index (χ2n) is 3.67. The summed E-state index contributed by atoms with van der Waals surface area (Å²) in [5.74, 6) is 0. The van der Waals surface area contributed by atoms with E-state index in [2.05, 4.69) is 0 Å². The van der Waals surface area contributed by atoms with Crippen molar-refractivity contribution < 1.29 is 16.8 Å². The van der Waals surface area contributed by atoms with Gasteiger partial charge in [-0.1, -0.05) is 28.4 Å². The van der Waals surface area contributed by atoms with Crippen molar-refractivity contribution in [2.24, 2.45) is 0 Å². The highest BCUT2D eigenvalue weighted by Gasteiger charge is 2.32. The van der Waals surface area contributed by atoms with Gasteiger partial charge in [0.1, 0.15) is 0 Å². The fraction of sp³-hybridized carbons (Fsp3) is 0.500. The summed E-state index contributed by atoms with van der Waals surface area (Å²) in [6.07, 6.45) is 6.68. The molecule has 0 unspecified atom stereocenters. The number of rotatable bonds is 4. The molecule has 0 amide bonds. The van der Waals surface area contributed by atoms with E-state index in [9.17, 15) is 16.8 Å². The molecule has 1 N–H and O–H groups in total.